The van der Waals surface area contributed by atoms with Crippen molar-refractivity contribution in [3.63, 3.8) is 0 Å². The number of methoxy groups -OCH3 is 1. The van der Waals surface area contributed by atoms with Gasteiger partial charge in [-0.3, -0.25) is 25.2 Å². The van der Waals surface area contributed by atoms with Crippen LogP contribution in [0.1, 0.15) is 46.9 Å². The summed E-state index contributed by atoms with van der Waals surface area (Å²) in [7, 11) is 1.46. The Morgan fingerprint density at radius 1 is 1.00 bits per heavy atom. The zero-order valence-electron chi connectivity index (χ0n) is 15.7. The number of carbonyl (C=O) groups excluding carboxylic acids is 3. The van der Waals surface area contributed by atoms with Crippen molar-refractivity contribution >= 4 is 39.3 Å². The highest BCUT2D eigenvalue weighted by atomic mass is 79.9. The summed E-state index contributed by atoms with van der Waals surface area (Å²) in [5.74, 6) is -0.662. The number of hydrazine groups is 1. The Labute approximate surface area is 171 Å². The predicted molar refractivity (Wildman–Crippen MR) is 110 cm³/mol. The first-order valence-electron chi connectivity index (χ1n) is 8.78. The number of nitrogens with one attached hydrogen (secondary N) is 3. The van der Waals surface area contributed by atoms with Crippen LogP contribution in [0, 0.1) is 0 Å². The monoisotopic (exact) mass is 447 g/mol. The average molecular weight is 448 g/mol. The average Bonchev–Trinajstić information content (AvgIpc) is 2.70. The highest BCUT2D eigenvalue weighted by Crippen LogP contribution is 2.22. The molecule has 0 atom stereocenters. The largest absolute Gasteiger partial charge is 0.496 e. The lowest BCUT2D eigenvalue weighted by molar-refractivity contribution is -0.116. The molecule has 0 fully saturated rings. The third kappa shape index (κ3) is 6.09. The molecule has 0 heterocycles. The van der Waals surface area contributed by atoms with Crippen LogP contribution in [0.4, 0.5) is 5.69 Å². The van der Waals surface area contributed by atoms with Crippen molar-refractivity contribution in [3.05, 3.63) is 58.1 Å². The van der Waals surface area contributed by atoms with Crippen LogP contribution in [-0.2, 0) is 4.79 Å². The zero-order chi connectivity index (χ0) is 20.5. The van der Waals surface area contributed by atoms with Crippen molar-refractivity contribution in [3.8, 4) is 5.75 Å². The van der Waals surface area contributed by atoms with Crippen molar-refractivity contribution < 1.29 is 19.1 Å². The van der Waals surface area contributed by atoms with Crippen LogP contribution in [0.25, 0.3) is 0 Å². The molecule has 0 unspecified atom stereocenters. The normalized spacial score (nSPS) is 10.1. The van der Waals surface area contributed by atoms with E-state index in [2.05, 4.69) is 32.1 Å². The Hall–Kier alpha value is -2.87. The highest BCUT2D eigenvalue weighted by Gasteiger charge is 2.14. The SMILES string of the molecule is CCCCC(=O)Nc1ccc(C(=O)NNC(=O)c2cc(Br)ccc2OC)cc1. The van der Waals surface area contributed by atoms with Gasteiger partial charge in [0.1, 0.15) is 5.75 Å². The third-order valence-electron chi connectivity index (χ3n) is 3.88. The molecule has 0 radical (unpaired) electrons. The van der Waals surface area contributed by atoms with Crippen LogP contribution in [0.5, 0.6) is 5.75 Å². The van der Waals surface area contributed by atoms with Crippen LogP contribution in [0.15, 0.2) is 46.9 Å². The minimum Gasteiger partial charge on any atom is -0.496 e. The van der Waals surface area contributed by atoms with Crippen LogP contribution in [-0.4, -0.2) is 24.8 Å². The van der Waals surface area contributed by atoms with E-state index in [4.69, 9.17) is 4.74 Å². The van der Waals surface area contributed by atoms with Gasteiger partial charge < -0.3 is 10.1 Å². The van der Waals surface area contributed by atoms with E-state index in [-0.39, 0.29) is 11.5 Å². The summed E-state index contributed by atoms with van der Waals surface area (Å²) in [5.41, 5.74) is 5.95. The number of amides is 3. The minimum atomic E-state index is -0.508. The summed E-state index contributed by atoms with van der Waals surface area (Å²) in [6.45, 7) is 2.02. The predicted octanol–water partition coefficient (Wildman–Crippen LogP) is 3.66. The molecule has 7 nitrogen and oxygen atoms in total. The number of ether oxygens (including phenoxy) is 1. The number of unbranched alkanes of at least 4 members (excludes halogenated alkanes) is 1. The molecule has 2 rings (SSSR count). The molecular weight excluding hydrogens is 426 g/mol. The van der Waals surface area contributed by atoms with Gasteiger partial charge in [0.25, 0.3) is 11.8 Å². The lowest BCUT2D eigenvalue weighted by atomic mass is 10.2. The van der Waals surface area contributed by atoms with E-state index in [1.54, 1.807) is 42.5 Å². The number of hydrogen-bond donors (Lipinski definition) is 3. The van der Waals surface area contributed by atoms with Crippen LogP contribution >= 0.6 is 15.9 Å². The third-order valence-corrected chi connectivity index (χ3v) is 4.38. The minimum absolute atomic E-state index is 0.0608. The maximum atomic E-state index is 12.3. The lowest BCUT2D eigenvalue weighted by Gasteiger charge is -2.11. The molecule has 148 valence electrons. The maximum absolute atomic E-state index is 12.3. The molecule has 3 N–H and O–H groups in total. The molecule has 0 bridgehead atoms. The first-order chi connectivity index (χ1) is 13.4. The van der Waals surface area contributed by atoms with E-state index in [9.17, 15) is 14.4 Å². The Kier molecular flexibility index (Phi) is 8.01. The second-order valence-electron chi connectivity index (χ2n) is 5.98. The van der Waals surface area contributed by atoms with Gasteiger partial charge in [-0.1, -0.05) is 29.3 Å². The van der Waals surface area contributed by atoms with Gasteiger partial charge >= 0.3 is 0 Å². The van der Waals surface area contributed by atoms with Gasteiger partial charge in [0, 0.05) is 22.1 Å². The smallest absolute Gasteiger partial charge is 0.273 e. The lowest BCUT2D eigenvalue weighted by Crippen LogP contribution is -2.41. The number of anilines is 1. The van der Waals surface area contributed by atoms with Gasteiger partial charge in [-0.05, 0) is 48.9 Å². The van der Waals surface area contributed by atoms with Crippen molar-refractivity contribution in [2.45, 2.75) is 26.2 Å². The Morgan fingerprint density at radius 3 is 2.32 bits per heavy atom. The van der Waals surface area contributed by atoms with Gasteiger partial charge in [0.05, 0.1) is 12.7 Å². The summed E-state index contributed by atoms with van der Waals surface area (Å²) >= 11 is 3.30. The number of halogens is 1. The maximum Gasteiger partial charge on any atom is 0.273 e. The van der Waals surface area contributed by atoms with E-state index in [0.29, 0.717) is 27.9 Å². The molecule has 8 heteroatoms. The quantitative estimate of drug-likeness (QED) is 0.564. The highest BCUT2D eigenvalue weighted by molar-refractivity contribution is 9.10. The Bertz CT molecular complexity index is 853. The number of benzene rings is 2. The first kappa shape index (κ1) is 21.4. The van der Waals surface area contributed by atoms with Gasteiger partial charge in [0.2, 0.25) is 5.91 Å². The molecule has 0 saturated carbocycles. The molecule has 0 spiro atoms. The summed E-state index contributed by atoms with van der Waals surface area (Å²) < 4.78 is 5.86. The second kappa shape index (κ2) is 10.5. The molecule has 0 aliphatic carbocycles. The molecule has 2 aromatic rings. The topological polar surface area (TPSA) is 96.5 Å². The second-order valence-corrected chi connectivity index (χ2v) is 6.90. The van der Waals surface area contributed by atoms with E-state index < -0.39 is 11.8 Å². The Balaban J connectivity index is 1.93. The molecule has 0 aromatic heterocycles. The van der Waals surface area contributed by atoms with Crippen LogP contribution < -0.4 is 20.9 Å². The summed E-state index contributed by atoms with van der Waals surface area (Å²) in [4.78, 5) is 36.3. The van der Waals surface area contributed by atoms with Crippen molar-refractivity contribution in [2.24, 2.45) is 0 Å². The van der Waals surface area contributed by atoms with Gasteiger partial charge in [-0.15, -0.1) is 0 Å². The fourth-order valence-corrected chi connectivity index (χ4v) is 2.74. The fraction of sp³-hybridized carbons (Fsp3) is 0.250. The van der Waals surface area contributed by atoms with Crippen molar-refractivity contribution in [1.29, 1.82) is 0 Å². The van der Waals surface area contributed by atoms with E-state index >= 15 is 0 Å². The Morgan fingerprint density at radius 2 is 1.68 bits per heavy atom. The summed E-state index contributed by atoms with van der Waals surface area (Å²) in [6, 6.07) is 11.4. The van der Waals surface area contributed by atoms with Gasteiger partial charge in [0.15, 0.2) is 0 Å². The number of carbonyl (C=O) groups is 3. The molecule has 2 aromatic carbocycles. The van der Waals surface area contributed by atoms with Crippen molar-refractivity contribution in [1.82, 2.24) is 10.9 Å². The van der Waals surface area contributed by atoms with Crippen LogP contribution in [0.3, 0.4) is 0 Å². The first-order valence-corrected chi connectivity index (χ1v) is 9.58. The van der Waals surface area contributed by atoms with Gasteiger partial charge in [-0.2, -0.15) is 0 Å². The van der Waals surface area contributed by atoms with Crippen molar-refractivity contribution in [2.75, 3.05) is 12.4 Å². The fourth-order valence-electron chi connectivity index (χ4n) is 2.38. The van der Waals surface area contributed by atoms with Gasteiger partial charge in [-0.25, -0.2) is 0 Å². The molecule has 3 amide bonds. The molecule has 28 heavy (non-hydrogen) atoms. The summed E-state index contributed by atoms with van der Waals surface area (Å²) in [6.07, 6.45) is 2.24. The number of hydrogen-bond acceptors (Lipinski definition) is 4. The molecule has 0 aliphatic rings. The number of rotatable bonds is 7. The molecule has 0 saturated heterocycles. The van der Waals surface area contributed by atoms with E-state index in [1.807, 2.05) is 6.92 Å². The van der Waals surface area contributed by atoms with E-state index in [0.717, 1.165) is 12.8 Å². The molecule has 0 aliphatic heterocycles. The van der Waals surface area contributed by atoms with Crippen LogP contribution in [0.2, 0.25) is 0 Å². The summed E-state index contributed by atoms with van der Waals surface area (Å²) in [5, 5.41) is 2.77. The standard InChI is InChI=1S/C20H22BrN3O4/c1-3-4-5-18(25)22-15-9-6-13(7-10-15)19(26)23-24-20(27)16-12-14(21)8-11-17(16)28-2/h6-12H,3-5H2,1-2H3,(H,22,25)(H,23,26)(H,24,27). The zero-order valence-corrected chi connectivity index (χ0v) is 17.3. The van der Waals surface area contributed by atoms with E-state index in [1.165, 1.54) is 7.11 Å². The molecular formula is C20H22BrN3O4.